The second-order valence-corrected chi connectivity index (χ2v) is 6.35. The molecule has 1 aromatic carbocycles. The number of rotatable bonds is 7. The summed E-state index contributed by atoms with van der Waals surface area (Å²) in [6.45, 7) is 4.63. The lowest BCUT2D eigenvalue weighted by atomic mass is 10.1. The normalized spacial score (nSPS) is 15.9. The standard InChI is InChI=1S/C16H24N2O2S/c1-2-21-15-6-4-3-5-14(15)18-16(19)9-12-20-13-7-10-17-11-8-13/h3-6,13,17H,2,7-12H2,1H3,(H,18,19). The topological polar surface area (TPSA) is 50.4 Å². The molecule has 0 spiro atoms. The number of para-hydroxylation sites is 1. The fraction of sp³-hybridized carbons (Fsp3) is 0.562. The number of thioether (sulfide) groups is 1. The third-order valence-electron chi connectivity index (χ3n) is 3.43. The lowest BCUT2D eigenvalue weighted by Crippen LogP contribution is -2.33. The fourth-order valence-corrected chi connectivity index (χ4v) is 3.10. The van der Waals surface area contributed by atoms with Gasteiger partial charge in [0.05, 0.1) is 24.8 Å². The summed E-state index contributed by atoms with van der Waals surface area (Å²) in [6.07, 6.45) is 2.80. The molecule has 0 radical (unpaired) electrons. The fourth-order valence-electron chi connectivity index (χ4n) is 2.34. The Labute approximate surface area is 131 Å². The largest absolute Gasteiger partial charge is 0.378 e. The van der Waals surface area contributed by atoms with Gasteiger partial charge in [-0.1, -0.05) is 19.1 Å². The average molecular weight is 308 g/mol. The third kappa shape index (κ3) is 5.69. The molecule has 4 nitrogen and oxygen atoms in total. The highest BCUT2D eigenvalue weighted by molar-refractivity contribution is 7.99. The summed E-state index contributed by atoms with van der Waals surface area (Å²) in [5.41, 5.74) is 0.899. The van der Waals surface area contributed by atoms with Gasteiger partial charge in [-0.3, -0.25) is 4.79 Å². The van der Waals surface area contributed by atoms with Crippen molar-refractivity contribution in [1.29, 1.82) is 0 Å². The minimum atomic E-state index is 0.0214. The van der Waals surface area contributed by atoms with Crippen molar-refractivity contribution >= 4 is 23.4 Å². The number of carbonyl (C=O) groups is 1. The lowest BCUT2D eigenvalue weighted by Gasteiger charge is -2.22. The smallest absolute Gasteiger partial charge is 0.226 e. The summed E-state index contributed by atoms with van der Waals surface area (Å²) in [4.78, 5) is 13.1. The molecule has 0 aliphatic carbocycles. The van der Waals surface area contributed by atoms with Crippen LogP contribution in [0, 0.1) is 0 Å². The van der Waals surface area contributed by atoms with E-state index in [1.807, 2.05) is 24.3 Å². The van der Waals surface area contributed by atoms with Crippen molar-refractivity contribution in [1.82, 2.24) is 5.32 Å². The van der Waals surface area contributed by atoms with Crippen LogP contribution in [0.15, 0.2) is 29.2 Å². The predicted molar refractivity (Wildman–Crippen MR) is 87.9 cm³/mol. The van der Waals surface area contributed by atoms with E-state index in [0.717, 1.165) is 42.3 Å². The molecule has 2 N–H and O–H groups in total. The van der Waals surface area contributed by atoms with E-state index < -0.39 is 0 Å². The average Bonchev–Trinajstić information content (AvgIpc) is 2.50. The number of hydrogen-bond acceptors (Lipinski definition) is 4. The molecule has 1 amide bonds. The van der Waals surface area contributed by atoms with Crippen molar-refractivity contribution in [3.63, 3.8) is 0 Å². The van der Waals surface area contributed by atoms with E-state index in [0.29, 0.717) is 19.1 Å². The van der Waals surface area contributed by atoms with Gasteiger partial charge in [0.1, 0.15) is 0 Å². The highest BCUT2D eigenvalue weighted by Crippen LogP contribution is 2.26. The molecule has 0 atom stereocenters. The zero-order valence-corrected chi connectivity index (χ0v) is 13.4. The Morgan fingerprint density at radius 3 is 2.90 bits per heavy atom. The number of benzene rings is 1. The van der Waals surface area contributed by atoms with Crippen LogP contribution in [0.25, 0.3) is 0 Å². The first kappa shape index (κ1) is 16.3. The first-order chi connectivity index (χ1) is 10.3. The molecule has 0 saturated carbocycles. The van der Waals surface area contributed by atoms with Crippen LogP contribution in [-0.2, 0) is 9.53 Å². The maximum Gasteiger partial charge on any atom is 0.226 e. The quantitative estimate of drug-likeness (QED) is 0.761. The van der Waals surface area contributed by atoms with Crippen LogP contribution in [0.3, 0.4) is 0 Å². The third-order valence-corrected chi connectivity index (χ3v) is 4.39. The van der Waals surface area contributed by atoms with E-state index >= 15 is 0 Å². The highest BCUT2D eigenvalue weighted by atomic mass is 32.2. The molecule has 21 heavy (non-hydrogen) atoms. The maximum atomic E-state index is 12.0. The minimum Gasteiger partial charge on any atom is -0.378 e. The number of ether oxygens (including phenoxy) is 1. The molecular formula is C16H24N2O2S. The predicted octanol–water partition coefficient (Wildman–Crippen LogP) is 2.90. The van der Waals surface area contributed by atoms with E-state index in [1.54, 1.807) is 11.8 Å². The van der Waals surface area contributed by atoms with Gasteiger partial charge in [0.15, 0.2) is 0 Å². The molecule has 1 heterocycles. The Bertz CT molecular complexity index is 448. The zero-order valence-electron chi connectivity index (χ0n) is 12.6. The van der Waals surface area contributed by atoms with Crippen molar-refractivity contribution < 1.29 is 9.53 Å². The van der Waals surface area contributed by atoms with Crippen molar-refractivity contribution in [2.45, 2.75) is 37.2 Å². The van der Waals surface area contributed by atoms with Gasteiger partial charge in [0.25, 0.3) is 0 Å². The molecule has 0 bridgehead atoms. The van der Waals surface area contributed by atoms with Gasteiger partial charge >= 0.3 is 0 Å². The van der Waals surface area contributed by atoms with Gasteiger partial charge < -0.3 is 15.4 Å². The molecular weight excluding hydrogens is 284 g/mol. The van der Waals surface area contributed by atoms with Crippen LogP contribution in [0.2, 0.25) is 0 Å². The van der Waals surface area contributed by atoms with Gasteiger partial charge in [-0.25, -0.2) is 0 Å². The molecule has 1 fully saturated rings. The number of nitrogens with one attached hydrogen (secondary N) is 2. The van der Waals surface area contributed by atoms with E-state index in [-0.39, 0.29) is 5.91 Å². The second-order valence-electron chi connectivity index (χ2n) is 5.05. The molecule has 5 heteroatoms. The first-order valence-corrected chi connectivity index (χ1v) is 8.62. The first-order valence-electron chi connectivity index (χ1n) is 7.63. The maximum absolute atomic E-state index is 12.0. The molecule has 0 unspecified atom stereocenters. The Kier molecular flexibility index (Phi) is 7.06. The van der Waals surface area contributed by atoms with Crippen LogP contribution in [0.1, 0.15) is 26.2 Å². The Morgan fingerprint density at radius 1 is 1.38 bits per heavy atom. The summed E-state index contributed by atoms with van der Waals surface area (Å²) in [5, 5.41) is 6.28. The van der Waals surface area contributed by atoms with Crippen molar-refractivity contribution in [3.8, 4) is 0 Å². The van der Waals surface area contributed by atoms with Gasteiger partial charge in [-0.15, -0.1) is 11.8 Å². The monoisotopic (exact) mass is 308 g/mol. The summed E-state index contributed by atoms with van der Waals surface area (Å²) in [7, 11) is 0. The van der Waals surface area contributed by atoms with Gasteiger partial charge in [-0.05, 0) is 43.8 Å². The Hall–Kier alpha value is -1.04. The van der Waals surface area contributed by atoms with Crippen LogP contribution >= 0.6 is 11.8 Å². The number of anilines is 1. The van der Waals surface area contributed by atoms with Gasteiger partial charge in [0.2, 0.25) is 5.91 Å². The van der Waals surface area contributed by atoms with Crippen LogP contribution in [0.4, 0.5) is 5.69 Å². The van der Waals surface area contributed by atoms with Crippen LogP contribution < -0.4 is 10.6 Å². The lowest BCUT2D eigenvalue weighted by molar-refractivity contribution is -0.117. The summed E-state index contributed by atoms with van der Waals surface area (Å²) >= 11 is 1.74. The molecule has 2 rings (SSSR count). The van der Waals surface area contributed by atoms with E-state index in [1.165, 1.54) is 0 Å². The number of amides is 1. The number of piperidine rings is 1. The molecule has 116 valence electrons. The molecule has 1 aromatic rings. The van der Waals surface area contributed by atoms with E-state index in [2.05, 4.69) is 17.6 Å². The van der Waals surface area contributed by atoms with Crippen molar-refractivity contribution in [2.24, 2.45) is 0 Å². The molecule has 1 aliphatic rings. The van der Waals surface area contributed by atoms with Crippen LogP contribution in [-0.4, -0.2) is 37.5 Å². The summed E-state index contributed by atoms with van der Waals surface area (Å²) in [6, 6.07) is 7.92. The summed E-state index contributed by atoms with van der Waals surface area (Å²) in [5.74, 6) is 1.01. The van der Waals surface area contributed by atoms with Crippen molar-refractivity contribution in [3.05, 3.63) is 24.3 Å². The second kappa shape index (κ2) is 9.07. The SMILES string of the molecule is CCSc1ccccc1NC(=O)CCOC1CCNCC1. The minimum absolute atomic E-state index is 0.0214. The Balaban J connectivity index is 1.73. The van der Waals surface area contributed by atoms with Crippen molar-refractivity contribution in [2.75, 3.05) is 30.8 Å². The van der Waals surface area contributed by atoms with Gasteiger partial charge in [0, 0.05) is 4.90 Å². The highest BCUT2D eigenvalue weighted by Gasteiger charge is 2.14. The number of hydrogen-bond donors (Lipinski definition) is 2. The number of carbonyl (C=O) groups excluding carboxylic acids is 1. The van der Waals surface area contributed by atoms with E-state index in [4.69, 9.17) is 4.74 Å². The Morgan fingerprint density at radius 2 is 2.14 bits per heavy atom. The zero-order chi connectivity index (χ0) is 14.9. The van der Waals surface area contributed by atoms with Crippen LogP contribution in [0.5, 0.6) is 0 Å². The molecule has 1 aliphatic heterocycles. The van der Waals surface area contributed by atoms with E-state index in [9.17, 15) is 4.79 Å². The van der Waals surface area contributed by atoms with Gasteiger partial charge in [-0.2, -0.15) is 0 Å². The summed E-state index contributed by atoms with van der Waals surface area (Å²) < 4.78 is 5.76. The molecule has 1 saturated heterocycles. The molecule has 0 aromatic heterocycles.